The molecule has 0 unspecified atom stereocenters. The van der Waals surface area contributed by atoms with E-state index in [4.69, 9.17) is 39.4 Å². The molecule has 0 bridgehead atoms. The molecular formula is C17H18O12. The van der Waals surface area contributed by atoms with Gasteiger partial charge in [0, 0.05) is 0 Å². The highest BCUT2D eigenvalue weighted by atomic mass is 16.8. The van der Waals surface area contributed by atoms with E-state index in [0.29, 0.717) is 0 Å². The fourth-order valence-corrected chi connectivity index (χ4v) is 2.12. The Hall–Kier alpha value is -3.19. The Morgan fingerprint density at radius 1 is 0.690 bits per heavy atom. The fourth-order valence-electron chi connectivity index (χ4n) is 2.12. The van der Waals surface area contributed by atoms with Crippen molar-refractivity contribution in [2.45, 2.75) is 11.6 Å². The van der Waals surface area contributed by atoms with Crippen LogP contribution in [0.15, 0.2) is 47.5 Å². The molecule has 5 N–H and O–H groups in total. The van der Waals surface area contributed by atoms with Gasteiger partial charge in [0.05, 0.1) is 0 Å². The number of allylic oxidation sites excluding steroid dienone is 4. The molecule has 1 saturated heterocycles. The molecule has 0 aromatic carbocycles. The third-order valence-electron chi connectivity index (χ3n) is 3.72. The number of rotatable bonds is 7. The maximum Gasteiger partial charge on any atom is 0.349 e. The van der Waals surface area contributed by atoms with Gasteiger partial charge in [-0.1, -0.05) is 18.2 Å². The summed E-state index contributed by atoms with van der Waals surface area (Å²) in [5.74, 6) is -8.41. The van der Waals surface area contributed by atoms with Crippen LogP contribution in [0.4, 0.5) is 0 Å². The van der Waals surface area contributed by atoms with Crippen LogP contribution < -0.4 is 0 Å². The molecule has 2 aliphatic rings. The van der Waals surface area contributed by atoms with E-state index in [1.807, 2.05) is 0 Å². The van der Waals surface area contributed by atoms with E-state index >= 15 is 0 Å². The van der Waals surface area contributed by atoms with Crippen molar-refractivity contribution in [3.05, 3.63) is 47.5 Å². The number of esters is 3. The van der Waals surface area contributed by atoms with E-state index in [-0.39, 0.29) is 0 Å². The lowest BCUT2D eigenvalue weighted by Gasteiger charge is -2.33. The van der Waals surface area contributed by atoms with Gasteiger partial charge in [-0.25, -0.2) is 14.4 Å². The van der Waals surface area contributed by atoms with Crippen molar-refractivity contribution in [3.63, 3.8) is 0 Å². The third-order valence-corrected chi connectivity index (χ3v) is 3.72. The first kappa shape index (κ1) is 22.1. The zero-order valence-electron chi connectivity index (χ0n) is 14.8. The first-order valence-corrected chi connectivity index (χ1v) is 8.06. The molecule has 12 heteroatoms. The molecule has 2 aliphatic heterocycles. The molecule has 0 spiro atoms. The number of cyclic esters (lactones) is 3. The zero-order valence-corrected chi connectivity index (χ0v) is 14.8. The van der Waals surface area contributed by atoms with Gasteiger partial charge in [0.1, 0.15) is 37.6 Å². The maximum absolute atomic E-state index is 11.9. The Morgan fingerprint density at radius 2 is 1.17 bits per heavy atom. The van der Waals surface area contributed by atoms with Gasteiger partial charge in [-0.05, 0) is 12.2 Å². The summed E-state index contributed by atoms with van der Waals surface area (Å²) in [6.45, 7) is -3.61. The van der Waals surface area contributed by atoms with Crippen molar-refractivity contribution in [2.75, 3.05) is 26.4 Å². The molecule has 0 aromatic heterocycles. The number of ether oxygens (including phenoxy) is 4. The molecule has 0 radical (unpaired) electrons. The Labute approximate surface area is 163 Å². The quantitative estimate of drug-likeness (QED) is 0.131. The van der Waals surface area contributed by atoms with Gasteiger partial charge in [0.25, 0.3) is 5.95 Å². The molecule has 12 nitrogen and oxygen atoms in total. The minimum absolute atomic E-state index is 0.410. The van der Waals surface area contributed by atoms with Crippen molar-refractivity contribution in [1.82, 2.24) is 0 Å². The molecule has 0 aromatic rings. The van der Waals surface area contributed by atoms with E-state index in [1.54, 1.807) is 0 Å². The molecule has 29 heavy (non-hydrogen) atoms. The van der Waals surface area contributed by atoms with E-state index in [9.17, 15) is 19.5 Å². The normalized spacial score (nSPS) is 21.1. The van der Waals surface area contributed by atoms with Crippen molar-refractivity contribution < 1.29 is 58.9 Å². The van der Waals surface area contributed by atoms with E-state index in [0.717, 1.165) is 12.2 Å². The topological polar surface area (TPSA) is 189 Å². The number of aliphatic hydroxyl groups is 5. The minimum atomic E-state index is -2.14. The van der Waals surface area contributed by atoms with Crippen LogP contribution in [0.1, 0.15) is 0 Å². The van der Waals surface area contributed by atoms with Gasteiger partial charge in [-0.2, -0.15) is 0 Å². The Balaban J connectivity index is 2.08. The van der Waals surface area contributed by atoms with Gasteiger partial charge in [0.15, 0.2) is 0 Å². The molecule has 0 aliphatic carbocycles. The highest BCUT2D eigenvalue weighted by molar-refractivity contribution is 6.15. The summed E-state index contributed by atoms with van der Waals surface area (Å²) in [6, 6.07) is 0. The molecule has 0 amide bonds. The Morgan fingerprint density at radius 3 is 1.66 bits per heavy atom. The Kier molecular flexibility index (Phi) is 6.76. The van der Waals surface area contributed by atoms with Crippen LogP contribution in [-0.4, -0.2) is 81.4 Å². The van der Waals surface area contributed by atoms with Crippen LogP contribution in [0.2, 0.25) is 0 Å². The SMILES string of the molecule is O=C1OC(CO)(CO)OC(=O)C1=C/C=C/C=C/C1=C(O)OC(CO)(CO)OC1=O. The van der Waals surface area contributed by atoms with Crippen molar-refractivity contribution in [3.8, 4) is 0 Å². The standard InChI is InChI=1S/C17H18O12/c18-6-16(7-19)26-12(22)10(13(23)27-16)4-2-1-3-5-11-14(24)28-17(8-20,9-21)29-15(11)25/h1-5,18-22H,6-9H2/b3-1+,4-2+. The fraction of sp³-hybridized carbons (Fsp3) is 0.353. The summed E-state index contributed by atoms with van der Waals surface area (Å²) >= 11 is 0. The van der Waals surface area contributed by atoms with Crippen molar-refractivity contribution >= 4 is 17.9 Å². The highest BCUT2D eigenvalue weighted by Gasteiger charge is 2.45. The maximum atomic E-state index is 11.9. The van der Waals surface area contributed by atoms with Gasteiger partial charge in [-0.3, -0.25) is 0 Å². The molecule has 0 atom stereocenters. The van der Waals surface area contributed by atoms with Crippen LogP contribution in [0.5, 0.6) is 0 Å². The van der Waals surface area contributed by atoms with Crippen molar-refractivity contribution in [1.29, 1.82) is 0 Å². The molecule has 1 fully saturated rings. The smallest absolute Gasteiger partial charge is 0.349 e. The number of hydrogen-bond acceptors (Lipinski definition) is 12. The number of carbonyl (C=O) groups is 3. The van der Waals surface area contributed by atoms with Gasteiger partial charge in [-0.15, -0.1) is 0 Å². The lowest BCUT2D eigenvalue weighted by atomic mass is 10.2. The molecular weight excluding hydrogens is 396 g/mol. The first-order valence-electron chi connectivity index (χ1n) is 8.06. The van der Waals surface area contributed by atoms with E-state index in [2.05, 4.69) is 0 Å². The molecule has 158 valence electrons. The van der Waals surface area contributed by atoms with Crippen LogP contribution in [0, 0.1) is 0 Å². The highest BCUT2D eigenvalue weighted by Crippen LogP contribution is 2.26. The predicted octanol–water partition coefficient (Wildman–Crippen LogP) is -2.17. The zero-order chi connectivity index (χ0) is 21.7. The number of hydrogen-bond donors (Lipinski definition) is 5. The largest absolute Gasteiger partial charge is 0.480 e. The lowest BCUT2D eigenvalue weighted by Crippen LogP contribution is -2.51. The second-order valence-corrected chi connectivity index (χ2v) is 5.77. The Bertz CT molecular complexity index is 773. The average Bonchev–Trinajstić information content (AvgIpc) is 2.70. The molecule has 2 heterocycles. The predicted molar refractivity (Wildman–Crippen MR) is 89.2 cm³/mol. The monoisotopic (exact) mass is 414 g/mol. The van der Waals surface area contributed by atoms with Crippen molar-refractivity contribution in [2.24, 2.45) is 0 Å². The summed E-state index contributed by atoms with van der Waals surface area (Å²) in [5.41, 5.74) is -0.919. The molecule has 2 rings (SSSR count). The molecule has 0 saturated carbocycles. The summed E-state index contributed by atoms with van der Waals surface area (Å²) in [4.78, 5) is 35.5. The lowest BCUT2D eigenvalue weighted by molar-refractivity contribution is -0.264. The second kappa shape index (κ2) is 8.87. The summed E-state index contributed by atoms with van der Waals surface area (Å²) in [7, 11) is 0. The van der Waals surface area contributed by atoms with Crippen LogP contribution in [0.3, 0.4) is 0 Å². The van der Waals surface area contributed by atoms with Crippen LogP contribution in [-0.2, 0) is 33.3 Å². The first-order chi connectivity index (χ1) is 13.7. The summed E-state index contributed by atoms with van der Waals surface area (Å²) in [6.07, 6.45) is 5.80. The number of aliphatic hydroxyl groups excluding tert-OH is 5. The van der Waals surface area contributed by atoms with Crippen LogP contribution in [0.25, 0.3) is 0 Å². The summed E-state index contributed by atoms with van der Waals surface area (Å²) < 4.78 is 19.0. The van der Waals surface area contributed by atoms with Gasteiger partial charge >= 0.3 is 29.5 Å². The second-order valence-electron chi connectivity index (χ2n) is 5.77. The average molecular weight is 414 g/mol. The number of carbonyl (C=O) groups excluding carboxylic acids is 3. The van der Waals surface area contributed by atoms with Gasteiger partial charge < -0.3 is 44.5 Å². The third kappa shape index (κ3) is 4.63. The van der Waals surface area contributed by atoms with E-state index < -0.39 is 73.0 Å². The minimum Gasteiger partial charge on any atom is -0.480 e. The van der Waals surface area contributed by atoms with Gasteiger partial charge in [0.2, 0.25) is 0 Å². The van der Waals surface area contributed by atoms with E-state index in [1.165, 1.54) is 18.2 Å². The van der Waals surface area contributed by atoms with Crippen LogP contribution >= 0.6 is 0 Å². The summed E-state index contributed by atoms with van der Waals surface area (Å²) in [5, 5.41) is 46.1.